The molecule has 0 fully saturated rings. The van der Waals surface area contributed by atoms with Crippen LogP contribution >= 0.6 is 0 Å². The van der Waals surface area contributed by atoms with E-state index in [-0.39, 0.29) is 0 Å². The van der Waals surface area contributed by atoms with Crippen molar-refractivity contribution in [1.29, 1.82) is 0 Å². The van der Waals surface area contributed by atoms with Gasteiger partial charge in [-0.2, -0.15) is 0 Å². The van der Waals surface area contributed by atoms with E-state index in [2.05, 4.69) is 40.7 Å². The van der Waals surface area contributed by atoms with E-state index in [9.17, 15) is 0 Å². The third-order valence-electron chi connectivity index (χ3n) is 4.31. The number of aliphatic imine (C=N–C) groups is 1. The molecule has 0 aliphatic carbocycles. The van der Waals surface area contributed by atoms with E-state index in [1.54, 1.807) is 0 Å². The summed E-state index contributed by atoms with van der Waals surface area (Å²) in [7, 11) is 0. The second kappa shape index (κ2) is 6.32. The minimum absolute atomic E-state index is 0.773. The fourth-order valence-electron chi connectivity index (χ4n) is 3.03. The number of aryl methyl sites for hydroxylation is 1. The molecular weight excluding hydrogens is 296 g/mol. The van der Waals surface area contributed by atoms with Crippen LogP contribution in [0.5, 0.6) is 0 Å². The fourth-order valence-corrected chi connectivity index (χ4v) is 3.03. The molecule has 24 heavy (non-hydrogen) atoms. The van der Waals surface area contributed by atoms with Gasteiger partial charge in [0.05, 0.1) is 11.0 Å². The van der Waals surface area contributed by atoms with E-state index < -0.39 is 0 Å². The maximum Gasteiger partial charge on any atom is 0.230 e. The van der Waals surface area contributed by atoms with Gasteiger partial charge in [0.1, 0.15) is 0 Å². The number of aromatic amines is 1. The predicted molar refractivity (Wildman–Crippen MR) is 100 cm³/mol. The van der Waals surface area contributed by atoms with Crippen LogP contribution < -0.4 is 0 Å². The van der Waals surface area contributed by atoms with Crippen molar-refractivity contribution in [2.45, 2.75) is 26.3 Å². The third kappa shape index (κ3) is 2.60. The second-order valence-electron chi connectivity index (χ2n) is 5.95. The number of nitrogens with zero attached hydrogens (tertiary/aromatic N) is 3. The van der Waals surface area contributed by atoms with E-state index in [1.807, 2.05) is 36.7 Å². The van der Waals surface area contributed by atoms with E-state index in [1.165, 1.54) is 5.39 Å². The number of benzene rings is 2. The maximum absolute atomic E-state index is 4.70. The molecule has 4 heteroatoms. The number of unbranched alkanes of at least 4 members (excludes halogenated alkanes) is 1. The number of hydrogen-bond acceptors (Lipinski definition) is 2. The van der Waals surface area contributed by atoms with Gasteiger partial charge < -0.3 is 9.55 Å². The molecule has 1 N–H and O–H groups in total. The predicted octanol–water partition coefficient (Wildman–Crippen LogP) is 5.07. The Hall–Kier alpha value is -2.88. The van der Waals surface area contributed by atoms with Crippen molar-refractivity contribution < 1.29 is 0 Å². The first kappa shape index (κ1) is 14.7. The molecule has 0 amide bonds. The Morgan fingerprint density at radius 2 is 1.96 bits per heavy atom. The zero-order valence-electron chi connectivity index (χ0n) is 13.7. The molecule has 0 bridgehead atoms. The van der Waals surface area contributed by atoms with E-state index >= 15 is 0 Å². The summed E-state index contributed by atoms with van der Waals surface area (Å²) in [4.78, 5) is 12.7. The topological polar surface area (TPSA) is 46.0 Å². The number of hydrogen-bond donors (Lipinski definition) is 1. The lowest BCUT2D eigenvalue weighted by Gasteiger charge is -2.04. The van der Waals surface area contributed by atoms with Crippen LogP contribution in [0.25, 0.3) is 21.9 Å². The van der Waals surface area contributed by atoms with Gasteiger partial charge >= 0.3 is 0 Å². The molecule has 2 heterocycles. The summed E-state index contributed by atoms with van der Waals surface area (Å²) in [6, 6.07) is 16.5. The number of nitrogens with one attached hydrogen (secondary N) is 1. The molecule has 0 radical (unpaired) electrons. The molecule has 4 nitrogen and oxygen atoms in total. The molecule has 0 atom stereocenters. The number of rotatable bonds is 5. The minimum Gasteiger partial charge on any atom is -0.361 e. The van der Waals surface area contributed by atoms with Gasteiger partial charge in [0.2, 0.25) is 5.95 Å². The number of para-hydroxylation sites is 3. The van der Waals surface area contributed by atoms with Crippen molar-refractivity contribution in [3.63, 3.8) is 0 Å². The largest absolute Gasteiger partial charge is 0.361 e. The molecule has 0 unspecified atom stereocenters. The Labute approximate surface area is 140 Å². The molecule has 2 aromatic heterocycles. The van der Waals surface area contributed by atoms with E-state index in [0.717, 1.165) is 47.4 Å². The lowest BCUT2D eigenvalue weighted by molar-refractivity contribution is 0.649. The van der Waals surface area contributed by atoms with Crippen molar-refractivity contribution in [3.05, 3.63) is 60.3 Å². The first-order valence-corrected chi connectivity index (χ1v) is 8.42. The average molecular weight is 316 g/mol. The summed E-state index contributed by atoms with van der Waals surface area (Å²) in [5.41, 5.74) is 4.36. The highest BCUT2D eigenvalue weighted by atomic mass is 15.2. The van der Waals surface area contributed by atoms with Crippen LogP contribution in [0.4, 0.5) is 5.95 Å². The van der Waals surface area contributed by atoms with Crippen LogP contribution in [-0.2, 0) is 6.54 Å². The second-order valence-corrected chi connectivity index (χ2v) is 5.95. The van der Waals surface area contributed by atoms with Crippen LogP contribution in [0.3, 0.4) is 0 Å². The molecule has 4 aromatic rings. The highest BCUT2D eigenvalue weighted by Gasteiger charge is 2.09. The van der Waals surface area contributed by atoms with Gasteiger partial charge in [-0.3, -0.25) is 0 Å². The van der Waals surface area contributed by atoms with E-state index in [0.29, 0.717) is 0 Å². The number of aromatic nitrogens is 3. The highest BCUT2D eigenvalue weighted by Crippen LogP contribution is 2.23. The highest BCUT2D eigenvalue weighted by molar-refractivity contribution is 5.99. The Morgan fingerprint density at radius 1 is 1.12 bits per heavy atom. The Morgan fingerprint density at radius 3 is 2.88 bits per heavy atom. The van der Waals surface area contributed by atoms with Crippen LogP contribution in [0.2, 0.25) is 0 Å². The van der Waals surface area contributed by atoms with E-state index in [4.69, 9.17) is 9.98 Å². The molecule has 120 valence electrons. The molecule has 0 spiro atoms. The quantitative estimate of drug-likeness (QED) is 0.513. The summed E-state index contributed by atoms with van der Waals surface area (Å²) in [5.74, 6) is 0.773. The van der Waals surface area contributed by atoms with Crippen molar-refractivity contribution in [2.24, 2.45) is 4.99 Å². The number of H-pyrrole nitrogens is 1. The van der Waals surface area contributed by atoms with Crippen molar-refractivity contribution in [2.75, 3.05) is 0 Å². The summed E-state index contributed by atoms with van der Waals surface area (Å²) >= 11 is 0. The smallest absolute Gasteiger partial charge is 0.230 e. The molecule has 0 saturated carbocycles. The van der Waals surface area contributed by atoms with Crippen molar-refractivity contribution in [3.8, 4) is 0 Å². The van der Waals surface area contributed by atoms with Crippen molar-refractivity contribution in [1.82, 2.24) is 14.5 Å². The maximum atomic E-state index is 4.70. The normalized spacial score (nSPS) is 11.9. The zero-order chi connectivity index (χ0) is 16.4. The molecule has 4 rings (SSSR count). The van der Waals surface area contributed by atoms with Gasteiger partial charge in [-0.25, -0.2) is 9.98 Å². The Bertz CT molecular complexity index is 1010. The van der Waals surface area contributed by atoms with Gasteiger partial charge in [-0.05, 0) is 24.6 Å². The van der Waals surface area contributed by atoms with Crippen molar-refractivity contribution >= 4 is 34.1 Å². The third-order valence-corrected chi connectivity index (χ3v) is 4.31. The number of imidazole rings is 1. The Kier molecular flexibility index (Phi) is 3.87. The van der Waals surface area contributed by atoms with Crippen LogP contribution in [0.15, 0.2) is 59.7 Å². The molecule has 0 aliphatic rings. The monoisotopic (exact) mass is 316 g/mol. The SMILES string of the molecule is CCCCn1c(/N=C/c2c[nH]c3ccccc23)nc2ccccc21. The molecule has 0 saturated heterocycles. The lowest BCUT2D eigenvalue weighted by Crippen LogP contribution is -1.97. The molecular formula is C20H20N4. The van der Waals surface area contributed by atoms with Crippen LogP contribution in [0, 0.1) is 0 Å². The van der Waals surface area contributed by atoms with Gasteiger partial charge in [-0.1, -0.05) is 43.7 Å². The summed E-state index contributed by atoms with van der Waals surface area (Å²) in [5, 5.41) is 1.18. The first-order valence-electron chi connectivity index (χ1n) is 8.42. The molecule has 0 aliphatic heterocycles. The first-order chi connectivity index (χ1) is 11.9. The zero-order valence-corrected chi connectivity index (χ0v) is 13.7. The van der Waals surface area contributed by atoms with Gasteiger partial charge in [0.25, 0.3) is 0 Å². The fraction of sp³-hybridized carbons (Fsp3) is 0.200. The van der Waals surface area contributed by atoms with Gasteiger partial charge in [0, 0.05) is 35.4 Å². The average Bonchev–Trinajstić information content (AvgIpc) is 3.19. The lowest BCUT2D eigenvalue weighted by atomic mass is 10.2. The standard InChI is InChI=1S/C20H20N4/c1-2-3-12-24-19-11-7-6-10-18(19)23-20(24)22-14-15-13-21-17-9-5-4-8-16(15)17/h4-11,13-14,21H,2-3,12H2,1H3/b22-14+. The summed E-state index contributed by atoms with van der Waals surface area (Å²) in [6.07, 6.45) is 6.17. The molecule has 2 aromatic carbocycles. The summed E-state index contributed by atoms with van der Waals surface area (Å²) in [6.45, 7) is 3.14. The minimum atomic E-state index is 0.773. The summed E-state index contributed by atoms with van der Waals surface area (Å²) < 4.78 is 2.21. The van der Waals surface area contributed by atoms with Gasteiger partial charge in [-0.15, -0.1) is 0 Å². The van der Waals surface area contributed by atoms with Crippen LogP contribution in [-0.4, -0.2) is 20.7 Å². The van der Waals surface area contributed by atoms with Crippen LogP contribution in [0.1, 0.15) is 25.3 Å². The Balaban J connectivity index is 1.75. The number of fused-ring (bicyclic) bond motifs is 2. The van der Waals surface area contributed by atoms with Gasteiger partial charge in [0.15, 0.2) is 0 Å².